The molecule has 1 fully saturated rings. The molecule has 5 heteroatoms. The van der Waals surface area contributed by atoms with Gasteiger partial charge in [-0.3, -0.25) is 9.00 Å². The second-order valence-electron chi connectivity index (χ2n) is 5.38. The Morgan fingerprint density at radius 2 is 1.90 bits per heavy atom. The summed E-state index contributed by atoms with van der Waals surface area (Å²) in [5.74, 6) is 1.73. The largest absolute Gasteiger partial charge is 0.399 e. The Morgan fingerprint density at radius 3 is 2.55 bits per heavy atom. The molecule has 0 heterocycles. The van der Waals surface area contributed by atoms with Crippen molar-refractivity contribution < 1.29 is 9.00 Å². The van der Waals surface area contributed by atoms with Crippen LogP contribution in [0.25, 0.3) is 0 Å². The summed E-state index contributed by atoms with van der Waals surface area (Å²) < 4.78 is 11.9. The number of anilines is 2. The van der Waals surface area contributed by atoms with Crippen LogP contribution in [0.2, 0.25) is 0 Å². The molecule has 0 aromatic heterocycles. The van der Waals surface area contributed by atoms with Crippen molar-refractivity contribution in [2.75, 3.05) is 22.6 Å². The monoisotopic (exact) mass is 294 g/mol. The molecule has 0 aliphatic heterocycles. The number of carbonyl (C=O) groups excluding carboxylic acids is 1. The van der Waals surface area contributed by atoms with Gasteiger partial charge in [-0.15, -0.1) is 0 Å². The van der Waals surface area contributed by atoms with Crippen LogP contribution < -0.4 is 11.1 Å². The van der Waals surface area contributed by atoms with E-state index < -0.39 is 10.8 Å². The van der Waals surface area contributed by atoms with Crippen molar-refractivity contribution in [3.63, 3.8) is 0 Å². The molecule has 20 heavy (non-hydrogen) atoms. The van der Waals surface area contributed by atoms with E-state index in [0.717, 1.165) is 11.4 Å². The van der Waals surface area contributed by atoms with Crippen molar-refractivity contribution in [3.05, 3.63) is 24.3 Å². The number of amides is 1. The minimum Gasteiger partial charge on any atom is -0.399 e. The lowest BCUT2D eigenvalue weighted by molar-refractivity contribution is -0.115. The molecule has 0 saturated heterocycles. The second-order valence-corrected chi connectivity index (χ2v) is 7.00. The van der Waals surface area contributed by atoms with Gasteiger partial charge in [0.15, 0.2) is 0 Å². The van der Waals surface area contributed by atoms with Gasteiger partial charge in [0.1, 0.15) is 0 Å². The molecule has 1 aromatic carbocycles. The first kappa shape index (κ1) is 15.0. The highest BCUT2D eigenvalue weighted by atomic mass is 32.2. The zero-order valence-electron chi connectivity index (χ0n) is 11.6. The molecule has 1 unspecified atom stereocenters. The molecule has 1 atom stereocenters. The van der Waals surface area contributed by atoms with Crippen LogP contribution in [0.4, 0.5) is 11.4 Å². The normalized spacial score (nSPS) is 17.0. The molecule has 1 aliphatic rings. The van der Waals surface area contributed by atoms with Crippen LogP contribution in [0, 0.1) is 5.92 Å². The molecule has 4 nitrogen and oxygen atoms in total. The average molecular weight is 294 g/mol. The van der Waals surface area contributed by atoms with Crippen molar-refractivity contribution in [1.29, 1.82) is 0 Å². The number of carbonyl (C=O) groups is 1. The average Bonchev–Trinajstić information content (AvgIpc) is 2.92. The number of hydrogen-bond acceptors (Lipinski definition) is 3. The zero-order valence-corrected chi connectivity index (χ0v) is 12.5. The Bertz CT molecular complexity index is 467. The number of nitrogens with two attached hydrogens (primary N) is 1. The molecule has 1 saturated carbocycles. The van der Waals surface area contributed by atoms with E-state index in [4.69, 9.17) is 5.73 Å². The lowest BCUT2D eigenvalue weighted by Crippen LogP contribution is -2.17. The summed E-state index contributed by atoms with van der Waals surface area (Å²) in [4.78, 5) is 11.8. The Hall–Kier alpha value is -1.36. The minimum absolute atomic E-state index is 0.0884. The fraction of sp³-hybridized carbons (Fsp3) is 0.533. The van der Waals surface area contributed by atoms with E-state index in [1.165, 1.54) is 25.7 Å². The summed E-state index contributed by atoms with van der Waals surface area (Å²) in [6.07, 6.45) is 5.23. The molecule has 3 N–H and O–H groups in total. The summed E-state index contributed by atoms with van der Waals surface area (Å²) in [5.41, 5.74) is 6.98. The Morgan fingerprint density at radius 1 is 1.25 bits per heavy atom. The topological polar surface area (TPSA) is 72.2 Å². The molecule has 1 aromatic rings. The van der Waals surface area contributed by atoms with Crippen LogP contribution in [0.3, 0.4) is 0 Å². The molecular weight excluding hydrogens is 272 g/mol. The summed E-state index contributed by atoms with van der Waals surface area (Å²) in [6.45, 7) is 0. The predicted octanol–water partition coefficient (Wildman–Crippen LogP) is 2.54. The van der Waals surface area contributed by atoms with E-state index in [2.05, 4.69) is 5.32 Å². The van der Waals surface area contributed by atoms with E-state index in [-0.39, 0.29) is 5.91 Å². The van der Waals surface area contributed by atoms with Gasteiger partial charge >= 0.3 is 0 Å². The van der Waals surface area contributed by atoms with Gasteiger partial charge in [0, 0.05) is 40.1 Å². The van der Waals surface area contributed by atoms with Crippen LogP contribution >= 0.6 is 0 Å². The Labute approximate surface area is 122 Å². The summed E-state index contributed by atoms with van der Waals surface area (Å²) >= 11 is 0. The smallest absolute Gasteiger partial charge is 0.225 e. The SMILES string of the molecule is Nc1ccc(NC(=O)CCS(=O)CC2CCCC2)cc1. The number of rotatable bonds is 6. The van der Waals surface area contributed by atoms with E-state index >= 15 is 0 Å². The molecule has 0 bridgehead atoms. The fourth-order valence-corrected chi connectivity index (χ4v) is 3.96. The highest BCUT2D eigenvalue weighted by Gasteiger charge is 2.18. The van der Waals surface area contributed by atoms with E-state index in [1.54, 1.807) is 24.3 Å². The quantitative estimate of drug-likeness (QED) is 0.792. The van der Waals surface area contributed by atoms with Gasteiger partial charge < -0.3 is 11.1 Å². The summed E-state index contributed by atoms with van der Waals surface area (Å²) in [6, 6.07) is 7.02. The molecule has 2 rings (SSSR count). The highest BCUT2D eigenvalue weighted by molar-refractivity contribution is 7.85. The minimum atomic E-state index is -0.873. The molecular formula is C15H22N2O2S. The van der Waals surface area contributed by atoms with Crippen LogP contribution in [-0.2, 0) is 15.6 Å². The van der Waals surface area contributed by atoms with Gasteiger partial charge in [-0.1, -0.05) is 12.8 Å². The molecule has 110 valence electrons. The maximum absolute atomic E-state index is 11.9. The maximum Gasteiger partial charge on any atom is 0.225 e. The van der Waals surface area contributed by atoms with Crippen LogP contribution in [0.5, 0.6) is 0 Å². The fourth-order valence-electron chi connectivity index (χ4n) is 2.52. The third-order valence-electron chi connectivity index (χ3n) is 3.65. The van der Waals surface area contributed by atoms with Gasteiger partial charge in [0.25, 0.3) is 0 Å². The molecule has 0 spiro atoms. The number of nitrogens with one attached hydrogen (secondary N) is 1. The van der Waals surface area contributed by atoms with Crippen molar-refractivity contribution in [1.82, 2.24) is 0 Å². The standard InChI is InChI=1S/C15H22N2O2S/c16-13-5-7-14(8-6-13)17-15(18)9-10-20(19)11-12-3-1-2-4-12/h5-8,12H,1-4,9-11,16H2,(H,17,18). The first-order chi connectivity index (χ1) is 9.63. The van der Waals surface area contributed by atoms with Gasteiger partial charge in [-0.25, -0.2) is 0 Å². The number of hydrogen-bond donors (Lipinski definition) is 2. The maximum atomic E-state index is 11.9. The molecule has 1 amide bonds. The number of nitrogen functional groups attached to an aromatic ring is 1. The third kappa shape index (κ3) is 4.96. The van der Waals surface area contributed by atoms with Crippen LogP contribution in [0.1, 0.15) is 32.1 Å². The van der Waals surface area contributed by atoms with Gasteiger partial charge in [-0.05, 0) is 43.0 Å². The Kier molecular flexibility index (Phi) is 5.59. The Balaban J connectivity index is 1.69. The van der Waals surface area contributed by atoms with Crippen molar-refractivity contribution in [2.45, 2.75) is 32.1 Å². The van der Waals surface area contributed by atoms with Crippen molar-refractivity contribution in [3.8, 4) is 0 Å². The van der Waals surface area contributed by atoms with Gasteiger partial charge in [-0.2, -0.15) is 0 Å². The third-order valence-corrected chi connectivity index (χ3v) is 5.15. The van der Waals surface area contributed by atoms with Crippen molar-refractivity contribution in [2.24, 2.45) is 5.92 Å². The van der Waals surface area contributed by atoms with Crippen LogP contribution in [-0.4, -0.2) is 21.6 Å². The second kappa shape index (κ2) is 7.43. The molecule has 1 aliphatic carbocycles. The van der Waals surface area contributed by atoms with Gasteiger partial charge in [0.2, 0.25) is 5.91 Å². The first-order valence-electron chi connectivity index (χ1n) is 7.14. The van der Waals surface area contributed by atoms with Gasteiger partial charge in [0.05, 0.1) is 0 Å². The van der Waals surface area contributed by atoms with Crippen LogP contribution in [0.15, 0.2) is 24.3 Å². The molecule has 0 radical (unpaired) electrons. The van der Waals surface area contributed by atoms with Crippen molar-refractivity contribution >= 4 is 28.1 Å². The summed E-state index contributed by atoms with van der Waals surface area (Å²) in [5, 5.41) is 2.79. The lowest BCUT2D eigenvalue weighted by atomic mass is 10.1. The van der Waals surface area contributed by atoms with E-state index in [0.29, 0.717) is 23.8 Å². The summed E-state index contributed by atoms with van der Waals surface area (Å²) in [7, 11) is -0.873. The zero-order chi connectivity index (χ0) is 14.4. The highest BCUT2D eigenvalue weighted by Crippen LogP contribution is 2.25. The lowest BCUT2D eigenvalue weighted by Gasteiger charge is -2.09. The predicted molar refractivity (Wildman–Crippen MR) is 83.9 cm³/mol. The number of benzene rings is 1. The van der Waals surface area contributed by atoms with E-state index in [1.807, 2.05) is 0 Å². The van der Waals surface area contributed by atoms with E-state index in [9.17, 15) is 9.00 Å². The first-order valence-corrected chi connectivity index (χ1v) is 8.62.